The summed E-state index contributed by atoms with van der Waals surface area (Å²) in [5, 5.41) is 9.59. The van der Waals surface area contributed by atoms with Crippen LogP contribution in [0.25, 0.3) is 0 Å². The average molecular weight is 215 g/mol. The first-order valence-electron chi connectivity index (χ1n) is 5.58. The third-order valence-electron chi connectivity index (χ3n) is 2.65. The largest absolute Gasteiger partial charge is 0.381 e. The molecule has 4 heteroatoms. The SMILES string of the molecule is CCOC1CCN(C(=O)C(C)(C)O)CC1. The summed E-state index contributed by atoms with van der Waals surface area (Å²) in [5.41, 5.74) is -1.25. The maximum Gasteiger partial charge on any atom is 0.253 e. The van der Waals surface area contributed by atoms with Crippen molar-refractivity contribution in [3.8, 4) is 0 Å². The third kappa shape index (κ3) is 3.47. The van der Waals surface area contributed by atoms with E-state index in [2.05, 4.69) is 0 Å². The topological polar surface area (TPSA) is 49.8 Å². The summed E-state index contributed by atoms with van der Waals surface area (Å²) in [6, 6.07) is 0. The maximum atomic E-state index is 11.7. The standard InChI is InChI=1S/C11H21NO3/c1-4-15-9-5-7-12(8-6-9)10(13)11(2,3)14/h9,14H,4-8H2,1-3H3. The van der Waals surface area contributed by atoms with Crippen molar-refractivity contribution in [2.75, 3.05) is 19.7 Å². The number of nitrogens with zero attached hydrogens (tertiary/aromatic N) is 1. The molecule has 4 nitrogen and oxygen atoms in total. The molecule has 1 saturated heterocycles. The van der Waals surface area contributed by atoms with Gasteiger partial charge < -0.3 is 14.7 Å². The fraction of sp³-hybridized carbons (Fsp3) is 0.909. The zero-order valence-electron chi connectivity index (χ0n) is 9.82. The highest BCUT2D eigenvalue weighted by Gasteiger charge is 2.31. The third-order valence-corrected chi connectivity index (χ3v) is 2.65. The minimum atomic E-state index is -1.25. The van der Waals surface area contributed by atoms with Gasteiger partial charge in [0.2, 0.25) is 0 Å². The predicted molar refractivity (Wildman–Crippen MR) is 57.5 cm³/mol. The van der Waals surface area contributed by atoms with E-state index in [1.807, 2.05) is 6.92 Å². The monoisotopic (exact) mass is 215 g/mol. The van der Waals surface area contributed by atoms with Crippen LogP contribution in [0.3, 0.4) is 0 Å². The van der Waals surface area contributed by atoms with Crippen LogP contribution in [-0.2, 0) is 9.53 Å². The van der Waals surface area contributed by atoms with Gasteiger partial charge in [-0.25, -0.2) is 0 Å². The van der Waals surface area contributed by atoms with Gasteiger partial charge in [-0.3, -0.25) is 4.79 Å². The van der Waals surface area contributed by atoms with Gasteiger partial charge in [-0.05, 0) is 33.6 Å². The lowest BCUT2D eigenvalue weighted by Crippen LogP contribution is -2.49. The molecule has 88 valence electrons. The highest BCUT2D eigenvalue weighted by atomic mass is 16.5. The number of carbonyl (C=O) groups is 1. The molecule has 1 heterocycles. The number of ether oxygens (including phenoxy) is 1. The van der Waals surface area contributed by atoms with E-state index in [4.69, 9.17) is 4.74 Å². The molecule has 0 aromatic rings. The van der Waals surface area contributed by atoms with Gasteiger partial charge in [-0.1, -0.05) is 0 Å². The van der Waals surface area contributed by atoms with E-state index in [1.165, 1.54) is 13.8 Å². The molecule has 0 aliphatic carbocycles. The Balaban J connectivity index is 2.41. The Kier molecular flexibility index (Phi) is 4.11. The predicted octanol–water partition coefficient (Wildman–Crippen LogP) is 0.785. The van der Waals surface area contributed by atoms with Crippen molar-refractivity contribution in [3.05, 3.63) is 0 Å². The first-order valence-corrected chi connectivity index (χ1v) is 5.58. The van der Waals surface area contributed by atoms with Gasteiger partial charge in [-0.2, -0.15) is 0 Å². The van der Waals surface area contributed by atoms with E-state index in [9.17, 15) is 9.90 Å². The summed E-state index contributed by atoms with van der Waals surface area (Å²) in [4.78, 5) is 13.4. The highest BCUT2D eigenvalue weighted by Crippen LogP contribution is 2.17. The molecule has 1 fully saturated rings. The minimum absolute atomic E-state index is 0.183. The van der Waals surface area contributed by atoms with E-state index < -0.39 is 5.60 Å². The van der Waals surface area contributed by atoms with Crippen LogP contribution < -0.4 is 0 Å². The molecular formula is C11H21NO3. The van der Waals surface area contributed by atoms with Gasteiger partial charge in [0.15, 0.2) is 0 Å². The van der Waals surface area contributed by atoms with Crippen molar-refractivity contribution in [2.45, 2.75) is 45.3 Å². The van der Waals surface area contributed by atoms with Gasteiger partial charge >= 0.3 is 0 Å². The lowest BCUT2D eigenvalue weighted by Gasteiger charge is -2.34. The molecular weight excluding hydrogens is 194 g/mol. The molecule has 1 amide bonds. The quantitative estimate of drug-likeness (QED) is 0.757. The summed E-state index contributed by atoms with van der Waals surface area (Å²) < 4.78 is 5.50. The fourth-order valence-corrected chi connectivity index (χ4v) is 1.85. The molecule has 0 saturated carbocycles. The van der Waals surface area contributed by atoms with E-state index in [0.717, 1.165) is 19.4 Å². The zero-order chi connectivity index (χ0) is 11.5. The van der Waals surface area contributed by atoms with Gasteiger partial charge in [0, 0.05) is 19.7 Å². The van der Waals surface area contributed by atoms with Crippen molar-refractivity contribution in [2.24, 2.45) is 0 Å². The van der Waals surface area contributed by atoms with Crippen molar-refractivity contribution in [1.29, 1.82) is 0 Å². The van der Waals surface area contributed by atoms with Crippen LogP contribution in [0.2, 0.25) is 0 Å². The summed E-state index contributed by atoms with van der Waals surface area (Å²) in [6.45, 7) is 7.15. The van der Waals surface area contributed by atoms with E-state index in [-0.39, 0.29) is 12.0 Å². The zero-order valence-corrected chi connectivity index (χ0v) is 9.82. The first-order chi connectivity index (χ1) is 6.95. The Morgan fingerprint density at radius 3 is 2.40 bits per heavy atom. The van der Waals surface area contributed by atoms with Gasteiger partial charge in [0.1, 0.15) is 5.60 Å². The van der Waals surface area contributed by atoms with Crippen LogP contribution in [0.15, 0.2) is 0 Å². The number of amides is 1. The Labute approximate surface area is 91.2 Å². The number of likely N-dealkylation sites (tertiary alicyclic amines) is 1. The van der Waals surface area contributed by atoms with Gasteiger partial charge in [-0.15, -0.1) is 0 Å². The summed E-state index contributed by atoms with van der Waals surface area (Å²) >= 11 is 0. The summed E-state index contributed by atoms with van der Waals surface area (Å²) in [5.74, 6) is -0.183. The van der Waals surface area contributed by atoms with Crippen LogP contribution in [0.4, 0.5) is 0 Å². The van der Waals surface area contributed by atoms with E-state index in [1.54, 1.807) is 4.90 Å². The van der Waals surface area contributed by atoms with E-state index in [0.29, 0.717) is 13.1 Å². The number of hydrogen-bond donors (Lipinski definition) is 1. The first kappa shape index (κ1) is 12.5. The van der Waals surface area contributed by atoms with Crippen molar-refractivity contribution in [3.63, 3.8) is 0 Å². The number of piperidine rings is 1. The summed E-state index contributed by atoms with van der Waals surface area (Å²) in [7, 11) is 0. The molecule has 0 aromatic carbocycles. The highest BCUT2D eigenvalue weighted by molar-refractivity contribution is 5.84. The van der Waals surface area contributed by atoms with Crippen molar-refractivity contribution in [1.82, 2.24) is 4.90 Å². The second-order valence-electron chi connectivity index (χ2n) is 4.51. The molecule has 0 bridgehead atoms. The maximum absolute atomic E-state index is 11.7. The smallest absolute Gasteiger partial charge is 0.253 e. The average Bonchev–Trinajstić information content (AvgIpc) is 2.17. The van der Waals surface area contributed by atoms with Crippen LogP contribution in [0.5, 0.6) is 0 Å². The Bertz CT molecular complexity index is 214. The fourth-order valence-electron chi connectivity index (χ4n) is 1.85. The summed E-state index contributed by atoms with van der Waals surface area (Å²) in [6.07, 6.45) is 2.02. The molecule has 15 heavy (non-hydrogen) atoms. The molecule has 0 atom stereocenters. The molecule has 1 aliphatic heterocycles. The Morgan fingerprint density at radius 1 is 1.47 bits per heavy atom. The molecule has 0 aromatic heterocycles. The Hall–Kier alpha value is -0.610. The van der Waals surface area contributed by atoms with Crippen molar-refractivity contribution < 1.29 is 14.6 Å². The molecule has 1 N–H and O–H groups in total. The molecule has 1 aliphatic rings. The number of aliphatic hydroxyl groups is 1. The van der Waals surface area contributed by atoms with Crippen LogP contribution in [-0.4, -0.2) is 47.3 Å². The number of carbonyl (C=O) groups excluding carboxylic acids is 1. The lowest BCUT2D eigenvalue weighted by molar-refractivity contribution is -0.150. The number of rotatable bonds is 3. The van der Waals surface area contributed by atoms with Crippen LogP contribution in [0, 0.1) is 0 Å². The van der Waals surface area contributed by atoms with Gasteiger partial charge in [0.05, 0.1) is 6.10 Å². The molecule has 1 rings (SSSR count). The van der Waals surface area contributed by atoms with Gasteiger partial charge in [0.25, 0.3) is 5.91 Å². The van der Waals surface area contributed by atoms with Crippen molar-refractivity contribution >= 4 is 5.91 Å². The van der Waals surface area contributed by atoms with Crippen LogP contribution in [0.1, 0.15) is 33.6 Å². The molecule has 0 unspecified atom stereocenters. The normalized spacial score (nSPS) is 19.3. The number of hydrogen-bond acceptors (Lipinski definition) is 3. The van der Waals surface area contributed by atoms with Crippen LogP contribution >= 0.6 is 0 Å². The second kappa shape index (κ2) is 4.94. The second-order valence-corrected chi connectivity index (χ2v) is 4.51. The van der Waals surface area contributed by atoms with E-state index >= 15 is 0 Å². The minimum Gasteiger partial charge on any atom is -0.381 e. The Morgan fingerprint density at radius 2 is 2.00 bits per heavy atom. The lowest BCUT2D eigenvalue weighted by atomic mass is 10.0. The molecule has 0 spiro atoms. The molecule has 0 radical (unpaired) electrons.